The zero-order chi connectivity index (χ0) is 11.6. The molecule has 1 heterocycles. The first kappa shape index (κ1) is 11.4. The third kappa shape index (κ3) is 2.33. The van der Waals surface area contributed by atoms with E-state index in [1.54, 1.807) is 7.11 Å². The van der Waals surface area contributed by atoms with Crippen molar-refractivity contribution in [1.82, 2.24) is 4.37 Å². The summed E-state index contributed by atoms with van der Waals surface area (Å²) in [5, 5.41) is 5.68. The van der Waals surface area contributed by atoms with Crippen LogP contribution < -0.4 is 5.32 Å². The number of ether oxygens (including phenoxy) is 1. The molecule has 2 aromatic rings. The molecule has 1 aromatic carbocycles. The van der Waals surface area contributed by atoms with Crippen LogP contribution >= 0.6 is 11.5 Å². The first-order valence-electron chi connectivity index (χ1n) is 5.26. The number of nitrogens with zero attached hydrogens (tertiary/aromatic N) is 1. The molecule has 0 atom stereocenters. The molecule has 0 unspecified atom stereocenters. The van der Waals surface area contributed by atoms with Gasteiger partial charge in [0.2, 0.25) is 0 Å². The molecule has 2 rings (SSSR count). The van der Waals surface area contributed by atoms with Crippen LogP contribution in [0.1, 0.15) is 13.8 Å². The Hall–Kier alpha value is -1.13. The SMILES string of the molecule is COC(C)(C)CNc1snc2ccccc12. The minimum atomic E-state index is -0.162. The summed E-state index contributed by atoms with van der Waals surface area (Å²) in [4.78, 5) is 0. The minimum absolute atomic E-state index is 0.162. The van der Waals surface area contributed by atoms with Crippen molar-refractivity contribution in [3.63, 3.8) is 0 Å². The largest absolute Gasteiger partial charge is 0.377 e. The van der Waals surface area contributed by atoms with Crippen LogP contribution in [-0.4, -0.2) is 23.6 Å². The molecule has 0 saturated heterocycles. The van der Waals surface area contributed by atoms with Crippen LogP contribution in [0.2, 0.25) is 0 Å². The fraction of sp³-hybridized carbons (Fsp3) is 0.417. The van der Waals surface area contributed by atoms with E-state index in [9.17, 15) is 0 Å². The molecule has 0 amide bonds. The quantitative estimate of drug-likeness (QED) is 0.885. The minimum Gasteiger partial charge on any atom is -0.377 e. The topological polar surface area (TPSA) is 34.1 Å². The Morgan fingerprint density at radius 1 is 1.38 bits per heavy atom. The summed E-state index contributed by atoms with van der Waals surface area (Å²) in [7, 11) is 1.73. The summed E-state index contributed by atoms with van der Waals surface area (Å²) in [6, 6.07) is 8.15. The Labute approximate surface area is 99.6 Å². The van der Waals surface area contributed by atoms with Gasteiger partial charge >= 0.3 is 0 Å². The summed E-state index contributed by atoms with van der Waals surface area (Å²) in [5.74, 6) is 0. The van der Waals surface area contributed by atoms with Gasteiger partial charge in [0.1, 0.15) is 5.00 Å². The summed E-state index contributed by atoms with van der Waals surface area (Å²) in [5.41, 5.74) is 0.885. The van der Waals surface area contributed by atoms with Gasteiger partial charge < -0.3 is 10.1 Å². The molecule has 0 aliphatic heterocycles. The molecule has 0 aliphatic rings. The number of aromatic nitrogens is 1. The summed E-state index contributed by atoms with van der Waals surface area (Å²) in [6.07, 6.45) is 0. The van der Waals surface area contributed by atoms with Gasteiger partial charge in [0.25, 0.3) is 0 Å². The predicted octanol–water partition coefficient (Wildman–Crippen LogP) is 3.13. The third-order valence-electron chi connectivity index (χ3n) is 2.61. The van der Waals surface area contributed by atoms with Crippen molar-refractivity contribution in [3.05, 3.63) is 24.3 Å². The number of hydrogen-bond donors (Lipinski definition) is 1. The summed E-state index contributed by atoms with van der Waals surface area (Å²) in [6.45, 7) is 4.89. The smallest absolute Gasteiger partial charge is 0.117 e. The van der Waals surface area contributed by atoms with Crippen molar-refractivity contribution in [2.24, 2.45) is 0 Å². The maximum atomic E-state index is 5.37. The molecule has 86 valence electrons. The van der Waals surface area contributed by atoms with Gasteiger partial charge in [-0.25, -0.2) is 0 Å². The molecule has 1 N–H and O–H groups in total. The molecule has 0 bridgehead atoms. The number of anilines is 1. The zero-order valence-electron chi connectivity index (χ0n) is 9.78. The molecule has 3 nitrogen and oxygen atoms in total. The number of methoxy groups -OCH3 is 1. The van der Waals surface area contributed by atoms with E-state index in [0.29, 0.717) is 0 Å². The van der Waals surface area contributed by atoms with Crippen molar-refractivity contribution < 1.29 is 4.74 Å². The molecule has 4 heteroatoms. The predicted molar refractivity (Wildman–Crippen MR) is 69.2 cm³/mol. The molecule has 16 heavy (non-hydrogen) atoms. The summed E-state index contributed by atoms with van der Waals surface area (Å²) >= 11 is 1.50. The van der Waals surface area contributed by atoms with Crippen LogP contribution in [0.25, 0.3) is 10.9 Å². The Morgan fingerprint density at radius 3 is 2.88 bits per heavy atom. The monoisotopic (exact) mass is 236 g/mol. The van der Waals surface area contributed by atoms with Crippen molar-refractivity contribution in [1.29, 1.82) is 0 Å². The van der Waals surface area contributed by atoms with Crippen molar-refractivity contribution in [2.75, 3.05) is 19.0 Å². The number of hydrogen-bond acceptors (Lipinski definition) is 4. The fourth-order valence-electron chi connectivity index (χ4n) is 1.38. The second-order valence-corrected chi connectivity index (χ2v) is 5.12. The van der Waals surface area contributed by atoms with E-state index in [0.717, 1.165) is 17.1 Å². The van der Waals surface area contributed by atoms with Crippen LogP contribution in [0, 0.1) is 0 Å². The van der Waals surface area contributed by atoms with E-state index < -0.39 is 0 Å². The standard InChI is InChI=1S/C12H16N2OS/c1-12(2,15-3)8-13-11-9-6-4-5-7-10(9)14-16-11/h4-7,13H,8H2,1-3H3. The van der Waals surface area contributed by atoms with E-state index in [-0.39, 0.29) is 5.60 Å². The van der Waals surface area contributed by atoms with Gasteiger partial charge in [-0.2, -0.15) is 4.37 Å². The highest BCUT2D eigenvalue weighted by Gasteiger charge is 2.16. The first-order chi connectivity index (χ1) is 7.62. The average Bonchev–Trinajstić information content (AvgIpc) is 2.70. The second-order valence-electron chi connectivity index (χ2n) is 4.35. The van der Waals surface area contributed by atoms with E-state index in [1.807, 2.05) is 18.2 Å². The van der Waals surface area contributed by atoms with Crippen molar-refractivity contribution in [3.8, 4) is 0 Å². The molecule has 1 aromatic heterocycles. The lowest BCUT2D eigenvalue weighted by Crippen LogP contribution is -2.31. The van der Waals surface area contributed by atoms with E-state index in [4.69, 9.17) is 4.74 Å². The third-order valence-corrected chi connectivity index (χ3v) is 3.45. The Kier molecular flexibility index (Phi) is 3.12. The van der Waals surface area contributed by atoms with E-state index in [2.05, 4.69) is 29.6 Å². The van der Waals surface area contributed by atoms with Crippen LogP contribution in [0.3, 0.4) is 0 Å². The van der Waals surface area contributed by atoms with Crippen molar-refractivity contribution >= 4 is 27.4 Å². The van der Waals surface area contributed by atoms with Crippen LogP contribution in [0.15, 0.2) is 24.3 Å². The van der Waals surface area contributed by atoms with Crippen LogP contribution in [0.5, 0.6) is 0 Å². The highest BCUT2D eigenvalue weighted by atomic mass is 32.1. The van der Waals surface area contributed by atoms with Gasteiger partial charge in [-0.05, 0) is 37.5 Å². The van der Waals surface area contributed by atoms with Gasteiger partial charge in [0.05, 0.1) is 11.1 Å². The Morgan fingerprint density at radius 2 is 2.12 bits per heavy atom. The number of fused-ring (bicyclic) bond motifs is 1. The summed E-state index contributed by atoms with van der Waals surface area (Å²) < 4.78 is 9.75. The lowest BCUT2D eigenvalue weighted by Gasteiger charge is -2.23. The zero-order valence-corrected chi connectivity index (χ0v) is 10.6. The first-order valence-corrected chi connectivity index (χ1v) is 6.03. The highest BCUT2D eigenvalue weighted by molar-refractivity contribution is 7.11. The number of benzene rings is 1. The maximum Gasteiger partial charge on any atom is 0.117 e. The van der Waals surface area contributed by atoms with E-state index in [1.165, 1.54) is 16.9 Å². The van der Waals surface area contributed by atoms with Gasteiger partial charge in [-0.3, -0.25) is 0 Å². The molecular weight excluding hydrogens is 220 g/mol. The van der Waals surface area contributed by atoms with Crippen LogP contribution in [-0.2, 0) is 4.74 Å². The number of rotatable bonds is 4. The van der Waals surface area contributed by atoms with Crippen molar-refractivity contribution in [2.45, 2.75) is 19.4 Å². The van der Waals surface area contributed by atoms with Crippen LogP contribution in [0.4, 0.5) is 5.00 Å². The van der Waals surface area contributed by atoms with Gasteiger partial charge in [0, 0.05) is 19.0 Å². The Balaban J connectivity index is 2.16. The molecular formula is C12H16N2OS. The van der Waals surface area contributed by atoms with Gasteiger partial charge in [-0.15, -0.1) is 0 Å². The molecule has 0 spiro atoms. The average molecular weight is 236 g/mol. The van der Waals surface area contributed by atoms with E-state index >= 15 is 0 Å². The number of nitrogens with one attached hydrogen (secondary N) is 1. The lowest BCUT2D eigenvalue weighted by atomic mass is 10.1. The van der Waals surface area contributed by atoms with Gasteiger partial charge in [-0.1, -0.05) is 12.1 Å². The Bertz CT molecular complexity index is 479. The normalized spacial score (nSPS) is 11.9. The molecule has 0 radical (unpaired) electrons. The molecule has 0 fully saturated rings. The fourth-order valence-corrected chi connectivity index (χ4v) is 2.14. The molecule has 0 aliphatic carbocycles. The second kappa shape index (κ2) is 4.39. The maximum absolute atomic E-state index is 5.37. The highest BCUT2D eigenvalue weighted by Crippen LogP contribution is 2.27. The molecule has 0 saturated carbocycles. The van der Waals surface area contributed by atoms with Gasteiger partial charge in [0.15, 0.2) is 0 Å². The lowest BCUT2D eigenvalue weighted by molar-refractivity contribution is 0.0344.